The molecule has 27 heavy (non-hydrogen) atoms. The van der Waals surface area contributed by atoms with E-state index < -0.39 is 17.8 Å². The van der Waals surface area contributed by atoms with Crippen molar-refractivity contribution in [2.75, 3.05) is 16.4 Å². The van der Waals surface area contributed by atoms with Gasteiger partial charge in [0.25, 0.3) is 0 Å². The first-order valence-electron chi connectivity index (χ1n) is 7.72. The molecule has 3 aromatic rings. The van der Waals surface area contributed by atoms with Gasteiger partial charge in [-0.25, -0.2) is 4.79 Å². The first-order chi connectivity index (χ1) is 12.7. The molecule has 5 N–H and O–H groups in total. The standard InChI is InChI=1S/C18H14ClF3N4O/c19-13-6-3-11(18(20,21)22)9-15(13)26-17(27)25-12-4-1-10(2-5-12)16-14(23)7-8-24-16/h1-9,24H,23H2,(H2,25,26,27). The monoisotopic (exact) mass is 394 g/mol. The first kappa shape index (κ1) is 18.7. The zero-order chi connectivity index (χ0) is 19.6. The Balaban J connectivity index is 1.70. The van der Waals surface area contributed by atoms with Crippen molar-refractivity contribution >= 4 is 34.7 Å². The molecule has 0 spiro atoms. The SMILES string of the molecule is Nc1cc[nH]c1-c1ccc(NC(=O)Nc2cc(C(F)(F)F)ccc2Cl)cc1. The number of aromatic nitrogens is 1. The number of H-pyrrole nitrogens is 1. The van der Waals surface area contributed by atoms with Crippen LogP contribution in [-0.2, 0) is 6.18 Å². The second kappa shape index (κ2) is 7.24. The Bertz CT molecular complexity index is 967. The van der Waals surface area contributed by atoms with E-state index in [9.17, 15) is 18.0 Å². The minimum atomic E-state index is -4.53. The highest BCUT2D eigenvalue weighted by atomic mass is 35.5. The van der Waals surface area contributed by atoms with Crippen molar-refractivity contribution in [2.24, 2.45) is 0 Å². The number of nitrogens with one attached hydrogen (secondary N) is 3. The summed E-state index contributed by atoms with van der Waals surface area (Å²) >= 11 is 5.86. The summed E-state index contributed by atoms with van der Waals surface area (Å²) in [7, 11) is 0. The molecule has 0 saturated heterocycles. The Morgan fingerprint density at radius 2 is 1.74 bits per heavy atom. The summed E-state index contributed by atoms with van der Waals surface area (Å²) in [4.78, 5) is 15.1. The van der Waals surface area contributed by atoms with Gasteiger partial charge in [-0.2, -0.15) is 13.2 Å². The molecular weight excluding hydrogens is 381 g/mol. The molecule has 3 rings (SSSR count). The van der Waals surface area contributed by atoms with Gasteiger partial charge < -0.3 is 21.4 Å². The molecule has 0 bridgehead atoms. The number of halogens is 4. The van der Waals surface area contributed by atoms with Crippen LogP contribution in [0.3, 0.4) is 0 Å². The highest BCUT2D eigenvalue weighted by molar-refractivity contribution is 6.33. The molecule has 140 valence electrons. The third kappa shape index (κ3) is 4.35. The zero-order valence-corrected chi connectivity index (χ0v) is 14.4. The van der Waals surface area contributed by atoms with Crippen molar-refractivity contribution in [2.45, 2.75) is 6.18 Å². The minimum Gasteiger partial charge on any atom is -0.397 e. The molecule has 5 nitrogen and oxygen atoms in total. The average Bonchev–Trinajstić information content (AvgIpc) is 3.02. The number of nitrogen functional groups attached to an aromatic ring is 1. The Kier molecular flexibility index (Phi) is 5.00. The number of benzene rings is 2. The van der Waals surface area contributed by atoms with Crippen molar-refractivity contribution < 1.29 is 18.0 Å². The summed E-state index contributed by atoms with van der Waals surface area (Å²) in [5, 5.41) is 4.84. The van der Waals surface area contributed by atoms with Crippen LogP contribution in [-0.4, -0.2) is 11.0 Å². The lowest BCUT2D eigenvalue weighted by Crippen LogP contribution is -2.20. The first-order valence-corrected chi connectivity index (χ1v) is 8.10. The summed E-state index contributed by atoms with van der Waals surface area (Å²) in [6.45, 7) is 0. The molecule has 0 fully saturated rings. The average molecular weight is 395 g/mol. The number of anilines is 3. The van der Waals surface area contributed by atoms with E-state index in [2.05, 4.69) is 15.6 Å². The molecule has 9 heteroatoms. The Morgan fingerprint density at radius 3 is 2.33 bits per heavy atom. The van der Waals surface area contributed by atoms with Crippen LogP contribution in [0.5, 0.6) is 0 Å². The zero-order valence-electron chi connectivity index (χ0n) is 13.7. The van der Waals surface area contributed by atoms with Crippen LogP contribution in [0.2, 0.25) is 5.02 Å². The van der Waals surface area contributed by atoms with E-state index in [-0.39, 0.29) is 10.7 Å². The third-order valence-corrected chi connectivity index (χ3v) is 4.08. The molecule has 0 radical (unpaired) electrons. The van der Waals surface area contributed by atoms with Crippen LogP contribution in [0.4, 0.5) is 35.0 Å². The highest BCUT2D eigenvalue weighted by Crippen LogP contribution is 2.34. The quantitative estimate of drug-likeness (QED) is 0.467. The van der Waals surface area contributed by atoms with Crippen LogP contribution in [0.15, 0.2) is 54.7 Å². The lowest BCUT2D eigenvalue weighted by Gasteiger charge is -2.12. The Hall–Kier alpha value is -3.13. The number of carbonyl (C=O) groups is 1. The fourth-order valence-electron chi connectivity index (χ4n) is 2.43. The lowest BCUT2D eigenvalue weighted by molar-refractivity contribution is -0.137. The van der Waals surface area contributed by atoms with E-state index in [1.165, 1.54) is 0 Å². The summed E-state index contributed by atoms with van der Waals surface area (Å²) in [6.07, 6.45) is -2.82. The third-order valence-electron chi connectivity index (χ3n) is 3.75. The van der Waals surface area contributed by atoms with Crippen molar-refractivity contribution in [1.29, 1.82) is 0 Å². The van der Waals surface area contributed by atoms with Crippen molar-refractivity contribution in [1.82, 2.24) is 4.98 Å². The number of urea groups is 1. The second-order valence-corrected chi connectivity index (χ2v) is 6.06. The van der Waals surface area contributed by atoms with E-state index in [1.807, 2.05) is 0 Å². The lowest BCUT2D eigenvalue weighted by atomic mass is 10.1. The molecule has 0 aliphatic carbocycles. The summed E-state index contributed by atoms with van der Waals surface area (Å²) in [5.74, 6) is 0. The fraction of sp³-hybridized carbons (Fsp3) is 0.0556. The van der Waals surface area contributed by atoms with E-state index in [4.69, 9.17) is 17.3 Å². The van der Waals surface area contributed by atoms with Crippen molar-refractivity contribution in [3.8, 4) is 11.3 Å². The predicted molar refractivity (Wildman–Crippen MR) is 99.7 cm³/mol. The fourth-order valence-corrected chi connectivity index (χ4v) is 2.60. The largest absolute Gasteiger partial charge is 0.416 e. The van der Waals surface area contributed by atoms with Gasteiger partial charge in [0.15, 0.2) is 0 Å². The van der Waals surface area contributed by atoms with Gasteiger partial charge in [-0.3, -0.25) is 0 Å². The Morgan fingerprint density at radius 1 is 1.04 bits per heavy atom. The molecule has 0 aliphatic rings. The van der Waals surface area contributed by atoms with Crippen LogP contribution in [0.1, 0.15) is 5.56 Å². The molecule has 2 aromatic carbocycles. The van der Waals surface area contributed by atoms with Gasteiger partial charge in [0.1, 0.15) is 0 Å². The van der Waals surface area contributed by atoms with Crippen molar-refractivity contribution in [3.63, 3.8) is 0 Å². The maximum absolute atomic E-state index is 12.8. The van der Waals surface area contributed by atoms with Crippen LogP contribution >= 0.6 is 11.6 Å². The maximum Gasteiger partial charge on any atom is 0.416 e. The van der Waals surface area contributed by atoms with E-state index in [0.717, 1.165) is 29.5 Å². The van der Waals surface area contributed by atoms with Gasteiger partial charge in [0.05, 0.1) is 27.7 Å². The van der Waals surface area contributed by atoms with E-state index in [0.29, 0.717) is 11.4 Å². The number of alkyl halides is 3. The van der Waals surface area contributed by atoms with E-state index in [1.54, 1.807) is 36.5 Å². The number of hydrogen-bond donors (Lipinski definition) is 4. The maximum atomic E-state index is 12.8. The Labute approximate surface area is 157 Å². The minimum absolute atomic E-state index is 0.00396. The molecule has 0 aliphatic heterocycles. The molecular formula is C18H14ClF3N4O. The summed E-state index contributed by atoms with van der Waals surface area (Å²) < 4.78 is 38.4. The summed E-state index contributed by atoms with van der Waals surface area (Å²) in [6, 6.07) is 10.5. The molecule has 0 saturated carbocycles. The van der Waals surface area contributed by atoms with Gasteiger partial charge in [-0.05, 0) is 36.4 Å². The molecule has 1 heterocycles. The van der Waals surface area contributed by atoms with Crippen LogP contribution in [0.25, 0.3) is 11.3 Å². The van der Waals surface area contributed by atoms with Gasteiger partial charge in [-0.1, -0.05) is 23.7 Å². The molecule has 0 atom stereocenters. The van der Waals surface area contributed by atoms with Crippen molar-refractivity contribution in [3.05, 3.63) is 65.3 Å². The molecule has 0 unspecified atom stereocenters. The predicted octanol–water partition coefficient (Wildman–Crippen LogP) is 5.58. The summed E-state index contributed by atoms with van der Waals surface area (Å²) in [5.41, 5.74) is 7.40. The topological polar surface area (TPSA) is 82.9 Å². The molecule has 2 amide bonds. The highest BCUT2D eigenvalue weighted by Gasteiger charge is 2.31. The smallest absolute Gasteiger partial charge is 0.397 e. The molecule has 1 aromatic heterocycles. The number of nitrogens with two attached hydrogens (primary N) is 1. The number of carbonyl (C=O) groups excluding carboxylic acids is 1. The normalized spacial score (nSPS) is 11.3. The van der Waals surface area contributed by atoms with Gasteiger partial charge in [-0.15, -0.1) is 0 Å². The number of rotatable bonds is 3. The number of amides is 2. The van der Waals surface area contributed by atoms with Crippen LogP contribution in [0, 0.1) is 0 Å². The number of hydrogen-bond acceptors (Lipinski definition) is 2. The number of aromatic amines is 1. The second-order valence-electron chi connectivity index (χ2n) is 5.66. The van der Waals surface area contributed by atoms with E-state index >= 15 is 0 Å². The van der Waals surface area contributed by atoms with Gasteiger partial charge in [0.2, 0.25) is 0 Å². The van der Waals surface area contributed by atoms with Gasteiger partial charge >= 0.3 is 12.2 Å². The van der Waals surface area contributed by atoms with Gasteiger partial charge in [0, 0.05) is 17.4 Å². The van der Waals surface area contributed by atoms with Crippen LogP contribution < -0.4 is 16.4 Å².